The molecule has 0 aliphatic carbocycles. The van der Waals surface area contributed by atoms with Crippen molar-refractivity contribution in [3.05, 3.63) is 23.8 Å². The van der Waals surface area contributed by atoms with Crippen molar-refractivity contribution >= 4 is 29.7 Å². The quantitative estimate of drug-likeness (QED) is 0.0730. The number of terminal acetylenes is 1. The number of aromatic nitrogens is 9. The third-order valence-corrected chi connectivity index (χ3v) is 10.4. The number of carbonyl (C=O) groups excluding carboxylic acids is 2. The van der Waals surface area contributed by atoms with Crippen molar-refractivity contribution in [2.45, 2.75) is 71.6 Å². The van der Waals surface area contributed by atoms with Gasteiger partial charge in [-0.25, -0.2) is 9.36 Å². The third kappa shape index (κ3) is 14.0. The van der Waals surface area contributed by atoms with E-state index in [1.165, 1.54) is 4.68 Å². The number of aliphatic hydroxyl groups is 1. The zero-order chi connectivity index (χ0) is 42.7. The Morgan fingerprint density at radius 2 is 1.48 bits per heavy atom. The van der Waals surface area contributed by atoms with Gasteiger partial charge in [0.1, 0.15) is 19.2 Å². The fourth-order valence-corrected chi connectivity index (χ4v) is 6.90. The molecular weight excluding hydrogens is 775 g/mol. The number of piperazine rings is 2. The smallest absolute Gasteiger partial charge is 0.247 e. The monoisotopic (exact) mass is 838 g/mol. The molecule has 0 bridgehead atoms. The Balaban J connectivity index is 1.20. The molecule has 4 N–H and O–H groups in total. The van der Waals surface area contributed by atoms with Crippen molar-refractivity contribution in [3.63, 3.8) is 0 Å². The summed E-state index contributed by atoms with van der Waals surface area (Å²) in [7, 11) is 0. The first-order valence-electron chi connectivity index (χ1n) is 21.1. The number of aliphatic hydroxyl groups excluding tert-OH is 1. The molecule has 21 heteroatoms. The van der Waals surface area contributed by atoms with Gasteiger partial charge in [-0.05, 0) is 38.6 Å². The van der Waals surface area contributed by atoms with E-state index in [4.69, 9.17) is 41.3 Å². The molecule has 21 nitrogen and oxygen atoms in total. The normalized spacial score (nSPS) is 16.1. The first kappa shape index (κ1) is 46.1. The fourth-order valence-electron chi connectivity index (χ4n) is 6.90. The van der Waals surface area contributed by atoms with Crippen LogP contribution in [0.25, 0.3) is 0 Å². The molecule has 1 unspecified atom stereocenters. The Hall–Kier alpha value is -5.01. The van der Waals surface area contributed by atoms with Crippen LogP contribution in [0.5, 0.6) is 0 Å². The maximum Gasteiger partial charge on any atom is 0.247 e. The van der Waals surface area contributed by atoms with E-state index in [-0.39, 0.29) is 30.9 Å². The van der Waals surface area contributed by atoms with E-state index < -0.39 is 12.1 Å². The molecule has 2 saturated heterocycles. The summed E-state index contributed by atoms with van der Waals surface area (Å²) in [6.07, 6.45) is 12.1. The molecule has 2 fully saturated rings. The second-order valence-corrected chi connectivity index (χ2v) is 15.1. The average Bonchev–Trinajstić information content (AvgIpc) is 3.91. The van der Waals surface area contributed by atoms with Crippen LogP contribution in [0.2, 0.25) is 0 Å². The van der Waals surface area contributed by atoms with Gasteiger partial charge in [0.25, 0.3) is 0 Å². The molecule has 0 saturated carbocycles. The molecule has 3 aromatic rings. The number of hydrogen-bond donors (Lipinski definition) is 3. The number of anilines is 3. The van der Waals surface area contributed by atoms with Gasteiger partial charge in [-0.15, -0.1) is 16.6 Å². The molecule has 0 radical (unpaired) electrons. The van der Waals surface area contributed by atoms with Gasteiger partial charge < -0.3 is 50.0 Å². The highest BCUT2D eigenvalue weighted by molar-refractivity contribution is 5.81. The molecule has 5 rings (SSSR count). The number of hydrogen-bond acceptors (Lipinski definition) is 17. The number of amides is 2. The first-order valence-corrected chi connectivity index (χ1v) is 21.1. The molecule has 3 atom stereocenters. The minimum absolute atomic E-state index is 0.0279. The van der Waals surface area contributed by atoms with Crippen molar-refractivity contribution in [1.82, 2.24) is 54.7 Å². The van der Waals surface area contributed by atoms with E-state index in [1.807, 2.05) is 11.1 Å². The van der Waals surface area contributed by atoms with E-state index in [0.717, 1.165) is 31.4 Å². The van der Waals surface area contributed by atoms with E-state index in [2.05, 4.69) is 55.5 Å². The second-order valence-electron chi connectivity index (χ2n) is 15.1. The molecule has 330 valence electrons. The van der Waals surface area contributed by atoms with Crippen LogP contribution in [0.1, 0.15) is 57.5 Å². The third-order valence-electron chi connectivity index (χ3n) is 10.4. The molecule has 0 spiro atoms. The summed E-state index contributed by atoms with van der Waals surface area (Å²) in [5.41, 5.74) is 7.17. The van der Waals surface area contributed by atoms with Crippen molar-refractivity contribution in [2.24, 2.45) is 11.7 Å². The van der Waals surface area contributed by atoms with E-state index in [9.17, 15) is 14.7 Å². The highest BCUT2D eigenvalue weighted by atomic mass is 16.5. The zero-order valence-electron chi connectivity index (χ0n) is 35.4. The summed E-state index contributed by atoms with van der Waals surface area (Å²) in [6.45, 7) is 13.4. The lowest BCUT2D eigenvalue weighted by Crippen LogP contribution is -2.52. The first-order chi connectivity index (χ1) is 29.2. The maximum absolute atomic E-state index is 14.1. The second kappa shape index (κ2) is 24.3. The van der Waals surface area contributed by atoms with Crippen LogP contribution in [0.4, 0.5) is 17.8 Å². The summed E-state index contributed by atoms with van der Waals surface area (Å²) < 4.78 is 19.7. The standard InChI is InChI=1S/C39H63N15O6/c1-5-20-58-22-24-60-25-23-59-21-11-41-37-42-38(51-16-12-49(13-17-51)34(56)29-53-27-33(46-47-53)26-31(4)55)44-39(43-37)52-18-14-50(15-19-52)36(57)35(30(3)6-2)54-28-32(45-48-54)9-7-8-10-40/h1,27-28,30-31,35,55H,6-26,29,40H2,2-4H3,(H,41,42,43,44)/t30-,31?,35-/m0/s1. The van der Waals surface area contributed by atoms with E-state index in [0.29, 0.717) is 128 Å². The van der Waals surface area contributed by atoms with Crippen LogP contribution < -0.4 is 20.9 Å². The molecule has 2 amide bonds. The number of rotatable bonds is 25. The number of aryl methyl sites for hydroxylation is 1. The summed E-state index contributed by atoms with van der Waals surface area (Å²) in [6, 6.07) is -0.451. The van der Waals surface area contributed by atoms with Crippen LogP contribution >= 0.6 is 0 Å². The lowest BCUT2D eigenvalue weighted by Gasteiger charge is -2.38. The van der Waals surface area contributed by atoms with Gasteiger partial charge in [0.15, 0.2) is 0 Å². The van der Waals surface area contributed by atoms with Gasteiger partial charge in [-0.3, -0.25) is 9.59 Å². The molecular formula is C39H63N15O6. The van der Waals surface area contributed by atoms with Gasteiger partial charge in [0.2, 0.25) is 29.7 Å². The van der Waals surface area contributed by atoms with Crippen LogP contribution in [0, 0.1) is 18.3 Å². The van der Waals surface area contributed by atoms with Gasteiger partial charge >= 0.3 is 0 Å². The Labute approximate surface area is 352 Å². The van der Waals surface area contributed by atoms with Crippen molar-refractivity contribution < 1.29 is 28.9 Å². The van der Waals surface area contributed by atoms with Crippen molar-refractivity contribution in [2.75, 3.05) is 120 Å². The molecule has 0 aromatic carbocycles. The Morgan fingerprint density at radius 1 is 0.850 bits per heavy atom. The van der Waals surface area contributed by atoms with Gasteiger partial charge in [0, 0.05) is 77.7 Å². The number of carbonyl (C=O) groups is 2. The summed E-state index contributed by atoms with van der Waals surface area (Å²) in [4.78, 5) is 49.6. The minimum atomic E-state index is -0.543. The van der Waals surface area contributed by atoms with E-state index in [1.54, 1.807) is 22.7 Å². The molecule has 2 aliphatic heterocycles. The Kier molecular flexibility index (Phi) is 18.7. The predicted molar refractivity (Wildman–Crippen MR) is 223 cm³/mol. The summed E-state index contributed by atoms with van der Waals surface area (Å²) in [5.74, 6) is 3.85. The number of ether oxygens (including phenoxy) is 3. The maximum atomic E-state index is 14.1. The van der Waals surface area contributed by atoms with Crippen LogP contribution in [0.3, 0.4) is 0 Å². The predicted octanol–water partition coefficient (Wildman–Crippen LogP) is -0.361. The lowest BCUT2D eigenvalue weighted by molar-refractivity contribution is -0.137. The van der Waals surface area contributed by atoms with Crippen LogP contribution in [0.15, 0.2) is 12.4 Å². The number of nitrogens with one attached hydrogen (secondary N) is 1. The summed E-state index contributed by atoms with van der Waals surface area (Å²) >= 11 is 0. The topological polar surface area (TPSA) is 233 Å². The number of nitrogens with two attached hydrogens (primary N) is 1. The highest BCUT2D eigenvalue weighted by Crippen LogP contribution is 2.26. The molecule has 3 aromatic heterocycles. The number of nitrogens with zero attached hydrogens (tertiary/aromatic N) is 13. The number of unbranched alkanes of at least 4 members (excludes halogenated alkanes) is 1. The highest BCUT2D eigenvalue weighted by Gasteiger charge is 2.34. The van der Waals surface area contributed by atoms with Gasteiger partial charge in [-0.2, -0.15) is 15.0 Å². The molecule has 60 heavy (non-hydrogen) atoms. The average molecular weight is 838 g/mol. The Bertz CT molecular complexity index is 1780. The molecule has 2 aliphatic rings. The zero-order valence-corrected chi connectivity index (χ0v) is 35.4. The van der Waals surface area contributed by atoms with E-state index >= 15 is 0 Å². The van der Waals surface area contributed by atoms with Crippen molar-refractivity contribution in [1.29, 1.82) is 0 Å². The summed E-state index contributed by atoms with van der Waals surface area (Å²) in [5, 5.41) is 29.8. The Morgan fingerprint density at radius 3 is 2.12 bits per heavy atom. The van der Waals surface area contributed by atoms with Crippen molar-refractivity contribution in [3.8, 4) is 12.3 Å². The van der Waals surface area contributed by atoms with Crippen LogP contribution in [-0.2, 0) is 43.2 Å². The largest absolute Gasteiger partial charge is 0.393 e. The van der Waals surface area contributed by atoms with Crippen LogP contribution in [-0.4, -0.2) is 183 Å². The van der Waals surface area contributed by atoms with Gasteiger partial charge in [0.05, 0.1) is 50.5 Å². The molecule has 5 heterocycles. The lowest BCUT2D eigenvalue weighted by atomic mass is 9.97. The minimum Gasteiger partial charge on any atom is -0.393 e. The SMILES string of the molecule is C#CCOCCOCCOCCNc1nc(N2CCN(C(=O)Cn3cc(CC(C)O)nn3)CC2)nc(N2CCN(C(=O)[C@H]([C@@H](C)CC)n3cc(CCCCN)nn3)CC2)n1. The fraction of sp³-hybridized carbons (Fsp3) is 0.718. The van der Waals surface area contributed by atoms with Gasteiger partial charge in [-0.1, -0.05) is 36.6 Å².